The van der Waals surface area contributed by atoms with Gasteiger partial charge in [-0.25, -0.2) is 0 Å². The molecular formula is C15H19NO3. The van der Waals surface area contributed by atoms with Crippen LogP contribution in [0.4, 0.5) is 0 Å². The van der Waals surface area contributed by atoms with Crippen LogP contribution in [0.2, 0.25) is 0 Å². The van der Waals surface area contributed by atoms with E-state index in [0.717, 1.165) is 11.3 Å². The first kappa shape index (κ1) is 13.6. The molecule has 0 saturated carbocycles. The molecule has 1 aliphatic heterocycles. The molecule has 1 amide bonds. The number of ether oxygens (including phenoxy) is 1. The van der Waals surface area contributed by atoms with E-state index in [0.29, 0.717) is 19.5 Å². The Morgan fingerprint density at radius 3 is 2.79 bits per heavy atom. The fourth-order valence-electron chi connectivity index (χ4n) is 2.11. The summed E-state index contributed by atoms with van der Waals surface area (Å²) in [5, 5.41) is 9.87. The van der Waals surface area contributed by atoms with Crippen molar-refractivity contribution in [1.82, 2.24) is 4.90 Å². The summed E-state index contributed by atoms with van der Waals surface area (Å²) in [7, 11) is 1.60. The Morgan fingerprint density at radius 2 is 2.16 bits per heavy atom. The number of aliphatic hydroxyl groups is 1. The van der Waals surface area contributed by atoms with E-state index in [1.807, 2.05) is 31.2 Å². The van der Waals surface area contributed by atoms with Crippen LogP contribution in [0.1, 0.15) is 18.9 Å². The summed E-state index contributed by atoms with van der Waals surface area (Å²) in [6.45, 7) is 2.75. The number of likely N-dealkylation sites (tertiary alicyclic amines) is 1. The number of methoxy groups -OCH3 is 1. The van der Waals surface area contributed by atoms with Crippen molar-refractivity contribution in [2.45, 2.75) is 18.9 Å². The van der Waals surface area contributed by atoms with Gasteiger partial charge in [0.1, 0.15) is 5.75 Å². The third-order valence-corrected chi connectivity index (χ3v) is 3.48. The van der Waals surface area contributed by atoms with Crippen molar-refractivity contribution < 1.29 is 14.6 Å². The molecule has 1 aliphatic rings. The predicted molar refractivity (Wildman–Crippen MR) is 73.8 cm³/mol. The van der Waals surface area contributed by atoms with Crippen LogP contribution in [0, 0.1) is 0 Å². The van der Waals surface area contributed by atoms with E-state index in [9.17, 15) is 9.90 Å². The summed E-state index contributed by atoms with van der Waals surface area (Å²) in [5.74, 6) is 0.657. The third-order valence-electron chi connectivity index (χ3n) is 3.48. The van der Waals surface area contributed by atoms with Crippen LogP contribution < -0.4 is 4.74 Å². The molecule has 0 atom stereocenters. The monoisotopic (exact) mass is 261 g/mol. The lowest BCUT2D eigenvalue weighted by atomic mass is 9.91. The summed E-state index contributed by atoms with van der Waals surface area (Å²) >= 11 is 0. The van der Waals surface area contributed by atoms with Gasteiger partial charge in [-0.2, -0.15) is 0 Å². The number of rotatable bonds is 4. The van der Waals surface area contributed by atoms with Gasteiger partial charge in [-0.05, 0) is 18.6 Å². The van der Waals surface area contributed by atoms with Gasteiger partial charge in [-0.3, -0.25) is 4.79 Å². The van der Waals surface area contributed by atoms with Crippen molar-refractivity contribution in [2.75, 3.05) is 20.2 Å². The Labute approximate surface area is 113 Å². The van der Waals surface area contributed by atoms with Crippen LogP contribution in [-0.2, 0) is 4.79 Å². The molecule has 1 N–H and O–H groups in total. The highest BCUT2D eigenvalue weighted by atomic mass is 16.5. The Hall–Kier alpha value is -1.81. The first-order valence-corrected chi connectivity index (χ1v) is 6.40. The average molecular weight is 261 g/mol. The van der Waals surface area contributed by atoms with Crippen LogP contribution in [-0.4, -0.2) is 41.7 Å². The maximum atomic E-state index is 11.9. The lowest BCUT2D eigenvalue weighted by Crippen LogP contribution is -2.62. The van der Waals surface area contributed by atoms with Crippen LogP contribution >= 0.6 is 0 Å². The Morgan fingerprint density at radius 1 is 1.47 bits per heavy atom. The Bertz CT molecular complexity index is 490. The number of carbonyl (C=O) groups excluding carboxylic acids is 1. The van der Waals surface area contributed by atoms with Crippen molar-refractivity contribution in [1.29, 1.82) is 0 Å². The highest BCUT2D eigenvalue weighted by Gasteiger charge is 2.41. The molecule has 0 aromatic heterocycles. The minimum absolute atomic E-state index is 0.0796. The quantitative estimate of drug-likeness (QED) is 0.839. The van der Waals surface area contributed by atoms with Crippen LogP contribution in [0.3, 0.4) is 0 Å². The Balaban J connectivity index is 1.98. The molecule has 0 radical (unpaired) electrons. The molecule has 1 saturated heterocycles. The van der Waals surface area contributed by atoms with E-state index in [2.05, 4.69) is 0 Å². The molecule has 1 heterocycles. The molecule has 4 nitrogen and oxygen atoms in total. The van der Waals surface area contributed by atoms with Crippen molar-refractivity contribution >= 4 is 12.0 Å². The van der Waals surface area contributed by atoms with Crippen molar-refractivity contribution in [3.05, 3.63) is 35.9 Å². The second kappa shape index (κ2) is 5.45. The number of hydrogen-bond acceptors (Lipinski definition) is 3. The summed E-state index contributed by atoms with van der Waals surface area (Å²) in [6.07, 6.45) is 3.94. The number of hydrogen-bond donors (Lipinski definition) is 1. The van der Waals surface area contributed by atoms with E-state index in [4.69, 9.17) is 4.74 Å². The molecule has 0 unspecified atom stereocenters. The highest BCUT2D eigenvalue weighted by molar-refractivity contribution is 5.92. The van der Waals surface area contributed by atoms with Gasteiger partial charge >= 0.3 is 0 Å². The topological polar surface area (TPSA) is 49.8 Å². The van der Waals surface area contributed by atoms with E-state index in [1.54, 1.807) is 18.1 Å². The van der Waals surface area contributed by atoms with Gasteiger partial charge in [0.2, 0.25) is 5.91 Å². The van der Waals surface area contributed by atoms with Gasteiger partial charge in [0, 0.05) is 11.6 Å². The predicted octanol–water partition coefficient (Wildman–Crippen LogP) is 1.69. The second-order valence-electron chi connectivity index (χ2n) is 4.85. The molecule has 0 spiro atoms. The van der Waals surface area contributed by atoms with Crippen molar-refractivity contribution in [3.8, 4) is 5.75 Å². The molecular weight excluding hydrogens is 242 g/mol. The van der Waals surface area contributed by atoms with Crippen LogP contribution in [0.5, 0.6) is 5.75 Å². The minimum atomic E-state index is -0.687. The molecule has 19 heavy (non-hydrogen) atoms. The first-order valence-electron chi connectivity index (χ1n) is 6.40. The van der Waals surface area contributed by atoms with Crippen molar-refractivity contribution in [3.63, 3.8) is 0 Å². The third kappa shape index (κ3) is 2.96. The summed E-state index contributed by atoms with van der Waals surface area (Å²) in [5.41, 5.74) is 0.179. The highest BCUT2D eigenvalue weighted by Crippen LogP contribution is 2.24. The number of benzene rings is 1. The SMILES string of the molecule is CCC1(O)CN(C(=O)C=Cc2ccccc2OC)C1. The molecule has 4 heteroatoms. The first-order chi connectivity index (χ1) is 9.08. The lowest BCUT2D eigenvalue weighted by Gasteiger charge is -2.45. The van der Waals surface area contributed by atoms with E-state index >= 15 is 0 Å². The molecule has 1 fully saturated rings. The van der Waals surface area contributed by atoms with E-state index in [1.165, 1.54) is 6.08 Å². The number of para-hydroxylation sites is 1. The molecule has 0 aliphatic carbocycles. The Kier molecular flexibility index (Phi) is 3.90. The number of β-amino-alcohol motifs (C(OH)–C–C–N with tert-alkyl or cyclic N) is 1. The van der Waals surface area contributed by atoms with Crippen LogP contribution in [0.25, 0.3) is 6.08 Å². The van der Waals surface area contributed by atoms with Gasteiger partial charge in [0.05, 0.1) is 25.8 Å². The van der Waals surface area contributed by atoms with E-state index < -0.39 is 5.60 Å². The van der Waals surface area contributed by atoms with Crippen molar-refractivity contribution in [2.24, 2.45) is 0 Å². The fourth-order valence-corrected chi connectivity index (χ4v) is 2.11. The number of amides is 1. The molecule has 1 aromatic carbocycles. The molecule has 102 valence electrons. The fraction of sp³-hybridized carbons (Fsp3) is 0.400. The standard InChI is InChI=1S/C15H19NO3/c1-3-15(18)10-16(11-15)14(17)9-8-12-6-4-5-7-13(12)19-2/h4-9,18H,3,10-11H2,1-2H3. The molecule has 0 bridgehead atoms. The number of carbonyl (C=O) groups is 1. The molecule has 2 rings (SSSR count). The largest absolute Gasteiger partial charge is 0.496 e. The smallest absolute Gasteiger partial charge is 0.246 e. The zero-order chi connectivity index (χ0) is 13.9. The number of nitrogens with zero attached hydrogens (tertiary/aromatic N) is 1. The van der Waals surface area contributed by atoms with Gasteiger partial charge in [0.25, 0.3) is 0 Å². The molecule has 1 aromatic rings. The van der Waals surface area contributed by atoms with Gasteiger partial charge in [-0.1, -0.05) is 25.1 Å². The van der Waals surface area contributed by atoms with E-state index in [-0.39, 0.29) is 5.91 Å². The second-order valence-corrected chi connectivity index (χ2v) is 4.85. The zero-order valence-corrected chi connectivity index (χ0v) is 11.3. The normalized spacial score (nSPS) is 17.3. The van der Waals surface area contributed by atoms with Gasteiger partial charge in [0.15, 0.2) is 0 Å². The minimum Gasteiger partial charge on any atom is -0.496 e. The zero-order valence-electron chi connectivity index (χ0n) is 11.3. The maximum Gasteiger partial charge on any atom is 0.246 e. The summed E-state index contributed by atoms with van der Waals surface area (Å²) < 4.78 is 5.21. The van der Waals surface area contributed by atoms with Crippen LogP contribution in [0.15, 0.2) is 30.3 Å². The van der Waals surface area contributed by atoms with Gasteiger partial charge < -0.3 is 14.7 Å². The van der Waals surface area contributed by atoms with Gasteiger partial charge in [-0.15, -0.1) is 0 Å². The average Bonchev–Trinajstić information content (AvgIpc) is 2.41. The maximum absolute atomic E-state index is 11.9. The summed E-state index contributed by atoms with van der Waals surface area (Å²) in [6, 6.07) is 7.52. The summed E-state index contributed by atoms with van der Waals surface area (Å²) in [4.78, 5) is 13.5. The lowest BCUT2D eigenvalue weighted by molar-refractivity contribution is -0.150.